The summed E-state index contributed by atoms with van der Waals surface area (Å²) < 4.78 is 38.0. The summed E-state index contributed by atoms with van der Waals surface area (Å²) in [6.07, 6.45) is -3.31. The topological polar surface area (TPSA) is 49.3 Å². The zero-order valence-corrected chi connectivity index (χ0v) is 12.0. The minimum absolute atomic E-state index is 0.0565. The molecule has 1 aliphatic rings. The van der Waals surface area contributed by atoms with Crippen LogP contribution >= 0.6 is 15.9 Å². The molecule has 1 amide bonds. The summed E-state index contributed by atoms with van der Waals surface area (Å²) in [7, 11) is 0. The van der Waals surface area contributed by atoms with Crippen molar-refractivity contribution in [3.63, 3.8) is 0 Å². The first-order chi connectivity index (χ1) is 9.29. The molecule has 0 saturated heterocycles. The van der Waals surface area contributed by atoms with Gasteiger partial charge in [-0.05, 0) is 37.0 Å². The highest BCUT2D eigenvalue weighted by Crippen LogP contribution is 2.35. The smallest absolute Gasteiger partial charge is 0.391 e. The third-order valence-corrected chi connectivity index (χ3v) is 3.86. The Hall–Kier alpha value is -1.08. The zero-order valence-electron chi connectivity index (χ0n) is 10.4. The summed E-state index contributed by atoms with van der Waals surface area (Å²) in [5, 5.41) is 12.1. The van der Waals surface area contributed by atoms with Crippen LogP contribution in [0.2, 0.25) is 0 Å². The van der Waals surface area contributed by atoms with Crippen molar-refractivity contribution in [2.75, 3.05) is 6.54 Å². The molecule has 2 rings (SSSR count). The van der Waals surface area contributed by atoms with Gasteiger partial charge in [0.15, 0.2) is 0 Å². The predicted molar refractivity (Wildman–Crippen MR) is 70.2 cm³/mol. The van der Waals surface area contributed by atoms with Crippen LogP contribution in [0, 0.1) is 5.92 Å². The largest absolute Gasteiger partial charge is 0.417 e. The van der Waals surface area contributed by atoms with Crippen molar-refractivity contribution in [1.29, 1.82) is 0 Å². The Morgan fingerprint density at radius 2 is 2.10 bits per heavy atom. The Kier molecular flexibility index (Phi) is 4.39. The van der Waals surface area contributed by atoms with Crippen molar-refractivity contribution < 1.29 is 23.1 Å². The van der Waals surface area contributed by atoms with Gasteiger partial charge in [-0.25, -0.2) is 0 Å². The SMILES string of the molecule is O=C(NCC(O)C1CC1)c1ccc(Br)c(C(F)(F)F)c1. The summed E-state index contributed by atoms with van der Waals surface area (Å²) in [4.78, 5) is 11.8. The van der Waals surface area contributed by atoms with Crippen LogP contribution in [0.25, 0.3) is 0 Å². The number of carbonyl (C=O) groups is 1. The van der Waals surface area contributed by atoms with Gasteiger partial charge in [-0.2, -0.15) is 13.2 Å². The number of aliphatic hydroxyl groups is 1. The summed E-state index contributed by atoms with van der Waals surface area (Å²) in [6.45, 7) is 0.0565. The van der Waals surface area contributed by atoms with E-state index in [1.165, 1.54) is 12.1 Å². The van der Waals surface area contributed by atoms with E-state index < -0.39 is 23.8 Å². The van der Waals surface area contributed by atoms with Crippen LogP contribution < -0.4 is 5.32 Å². The fourth-order valence-corrected chi connectivity index (χ4v) is 2.30. The van der Waals surface area contributed by atoms with Crippen molar-refractivity contribution in [2.24, 2.45) is 5.92 Å². The molecule has 1 saturated carbocycles. The maximum Gasteiger partial charge on any atom is 0.417 e. The standard InChI is InChI=1S/C13H13BrF3NO2/c14-10-4-3-8(5-9(10)13(15,16)17)12(20)18-6-11(19)7-1-2-7/h3-5,7,11,19H,1-2,6H2,(H,18,20). The highest BCUT2D eigenvalue weighted by molar-refractivity contribution is 9.10. The highest BCUT2D eigenvalue weighted by atomic mass is 79.9. The predicted octanol–water partition coefficient (Wildman–Crippen LogP) is 2.97. The van der Waals surface area contributed by atoms with Crippen LogP contribution in [-0.4, -0.2) is 23.7 Å². The molecule has 0 aromatic heterocycles. The third kappa shape index (κ3) is 3.73. The molecule has 1 fully saturated rings. The number of hydrogen-bond donors (Lipinski definition) is 2. The van der Waals surface area contributed by atoms with Gasteiger partial charge in [-0.1, -0.05) is 15.9 Å². The molecule has 2 N–H and O–H groups in total. The first-order valence-corrected chi connectivity index (χ1v) is 6.91. The van der Waals surface area contributed by atoms with E-state index in [0.717, 1.165) is 18.9 Å². The Labute approximate surface area is 122 Å². The van der Waals surface area contributed by atoms with E-state index in [2.05, 4.69) is 21.2 Å². The molecule has 7 heteroatoms. The molecule has 0 spiro atoms. The maximum absolute atomic E-state index is 12.7. The molecule has 0 radical (unpaired) electrons. The van der Waals surface area contributed by atoms with E-state index in [1.807, 2.05) is 0 Å². The molecule has 0 bridgehead atoms. The number of rotatable bonds is 4. The van der Waals surface area contributed by atoms with Gasteiger partial charge in [0.25, 0.3) is 5.91 Å². The molecule has 0 aliphatic heterocycles. The second kappa shape index (κ2) is 5.73. The summed E-state index contributed by atoms with van der Waals surface area (Å²) >= 11 is 2.81. The molecule has 20 heavy (non-hydrogen) atoms. The second-order valence-corrected chi connectivity index (χ2v) is 5.66. The van der Waals surface area contributed by atoms with E-state index in [-0.39, 0.29) is 22.5 Å². The quantitative estimate of drug-likeness (QED) is 0.876. The van der Waals surface area contributed by atoms with E-state index in [9.17, 15) is 23.1 Å². The van der Waals surface area contributed by atoms with Gasteiger partial charge in [0.05, 0.1) is 11.7 Å². The van der Waals surface area contributed by atoms with E-state index in [4.69, 9.17) is 0 Å². The Morgan fingerprint density at radius 1 is 1.45 bits per heavy atom. The number of nitrogens with one attached hydrogen (secondary N) is 1. The van der Waals surface area contributed by atoms with Crippen molar-refractivity contribution in [3.05, 3.63) is 33.8 Å². The zero-order chi connectivity index (χ0) is 14.9. The van der Waals surface area contributed by atoms with Crippen molar-refractivity contribution in [3.8, 4) is 0 Å². The van der Waals surface area contributed by atoms with Crippen molar-refractivity contribution >= 4 is 21.8 Å². The normalized spacial score (nSPS) is 16.9. The first-order valence-electron chi connectivity index (χ1n) is 6.12. The fourth-order valence-electron chi connectivity index (χ4n) is 1.83. The van der Waals surface area contributed by atoms with Gasteiger partial charge in [0.1, 0.15) is 0 Å². The molecule has 3 nitrogen and oxygen atoms in total. The first kappa shape index (κ1) is 15.3. The van der Waals surface area contributed by atoms with Gasteiger partial charge in [-0.15, -0.1) is 0 Å². The van der Waals surface area contributed by atoms with Gasteiger partial charge in [0.2, 0.25) is 0 Å². The minimum atomic E-state index is -4.53. The average molecular weight is 352 g/mol. The molecule has 1 unspecified atom stereocenters. The van der Waals surface area contributed by atoms with Crippen LogP contribution in [0.3, 0.4) is 0 Å². The maximum atomic E-state index is 12.7. The molecule has 1 aromatic rings. The minimum Gasteiger partial charge on any atom is -0.391 e. The lowest BCUT2D eigenvalue weighted by Gasteiger charge is -2.13. The van der Waals surface area contributed by atoms with Crippen LogP contribution in [0.4, 0.5) is 13.2 Å². The van der Waals surface area contributed by atoms with Crippen LogP contribution in [-0.2, 0) is 6.18 Å². The van der Waals surface area contributed by atoms with E-state index >= 15 is 0 Å². The Bertz CT molecular complexity index is 515. The molecule has 1 atom stereocenters. The monoisotopic (exact) mass is 351 g/mol. The Morgan fingerprint density at radius 3 is 2.65 bits per heavy atom. The van der Waals surface area contributed by atoms with Gasteiger partial charge >= 0.3 is 6.18 Å². The average Bonchev–Trinajstić information content (AvgIpc) is 3.18. The van der Waals surface area contributed by atoms with Crippen LogP contribution in [0.5, 0.6) is 0 Å². The van der Waals surface area contributed by atoms with Gasteiger partial charge in [0, 0.05) is 16.6 Å². The van der Waals surface area contributed by atoms with E-state index in [1.54, 1.807) is 0 Å². The summed E-state index contributed by atoms with van der Waals surface area (Å²) in [5.41, 5.74) is -0.976. The van der Waals surface area contributed by atoms with Gasteiger partial charge in [-0.3, -0.25) is 4.79 Å². The molecular weight excluding hydrogens is 339 g/mol. The van der Waals surface area contributed by atoms with E-state index in [0.29, 0.717) is 0 Å². The van der Waals surface area contributed by atoms with Crippen LogP contribution in [0.1, 0.15) is 28.8 Å². The lowest BCUT2D eigenvalue weighted by Crippen LogP contribution is -2.33. The number of benzene rings is 1. The summed E-state index contributed by atoms with van der Waals surface area (Å²) in [5.74, 6) is -0.423. The number of amides is 1. The summed E-state index contributed by atoms with van der Waals surface area (Å²) in [6, 6.07) is 3.29. The number of aliphatic hydroxyl groups excluding tert-OH is 1. The third-order valence-electron chi connectivity index (χ3n) is 3.17. The number of alkyl halides is 3. The lowest BCUT2D eigenvalue weighted by molar-refractivity contribution is -0.138. The highest BCUT2D eigenvalue weighted by Gasteiger charge is 2.34. The number of hydrogen-bond acceptors (Lipinski definition) is 2. The lowest BCUT2D eigenvalue weighted by atomic mass is 10.1. The van der Waals surface area contributed by atoms with Gasteiger partial charge < -0.3 is 10.4 Å². The number of halogens is 4. The molecule has 1 aromatic carbocycles. The molecule has 110 valence electrons. The fraction of sp³-hybridized carbons (Fsp3) is 0.462. The van der Waals surface area contributed by atoms with Crippen molar-refractivity contribution in [2.45, 2.75) is 25.1 Å². The molecule has 1 aliphatic carbocycles. The van der Waals surface area contributed by atoms with Crippen molar-refractivity contribution in [1.82, 2.24) is 5.32 Å². The molecular formula is C13H13BrF3NO2. The second-order valence-electron chi connectivity index (χ2n) is 4.81. The molecule has 0 heterocycles. The number of carbonyl (C=O) groups excluding carboxylic acids is 1. The Balaban J connectivity index is 2.06. The van der Waals surface area contributed by atoms with Crippen LogP contribution in [0.15, 0.2) is 22.7 Å².